The smallest absolute Gasteiger partial charge is 0.221 e. The van der Waals surface area contributed by atoms with E-state index in [2.05, 4.69) is 4.98 Å². The zero-order valence-corrected chi connectivity index (χ0v) is 8.62. The molecule has 0 radical (unpaired) electrons. The largest absolute Gasteiger partial charge is 0.396 e. The van der Waals surface area contributed by atoms with Crippen LogP contribution in [0.15, 0.2) is 23.4 Å². The van der Waals surface area contributed by atoms with Crippen molar-refractivity contribution in [2.45, 2.75) is 11.9 Å². The molecule has 0 aliphatic carbocycles. The Labute approximate surface area is 82.8 Å². The van der Waals surface area contributed by atoms with Gasteiger partial charge in [0.05, 0.1) is 5.69 Å². The number of hydrogen-bond acceptors (Lipinski definition) is 5. The molecule has 0 atom stereocenters. The second-order valence-corrected chi connectivity index (χ2v) is 4.48. The molecule has 0 fully saturated rings. The van der Waals surface area contributed by atoms with E-state index in [0.717, 1.165) is 0 Å². The molecule has 1 heterocycles. The molecule has 78 valence electrons. The molecule has 0 aliphatic rings. The molecular formula is C8H12N2O3S. The van der Waals surface area contributed by atoms with E-state index in [1.165, 1.54) is 12.3 Å². The highest BCUT2D eigenvalue weighted by Crippen LogP contribution is 2.15. The Kier molecular flexibility index (Phi) is 3.43. The lowest BCUT2D eigenvalue weighted by atomic mass is 10.4. The Bertz CT molecular complexity index is 403. The summed E-state index contributed by atoms with van der Waals surface area (Å²) in [7, 11) is -3.51. The van der Waals surface area contributed by atoms with Gasteiger partial charge in [-0.1, -0.05) is 0 Å². The number of nitrogens with two attached hydrogens (primary N) is 1. The van der Waals surface area contributed by atoms with Crippen molar-refractivity contribution in [1.29, 1.82) is 0 Å². The van der Waals surface area contributed by atoms with Crippen molar-refractivity contribution < 1.29 is 13.2 Å². The van der Waals surface area contributed by atoms with Crippen LogP contribution >= 0.6 is 0 Å². The number of aromatic nitrogens is 1. The number of hydrogen-bond donors (Lipinski definition) is 1. The lowest BCUT2D eigenvalue weighted by molar-refractivity contribution is 0.192. The molecular weight excluding hydrogens is 204 g/mol. The van der Waals surface area contributed by atoms with Crippen molar-refractivity contribution in [1.82, 2.24) is 4.98 Å². The van der Waals surface area contributed by atoms with Crippen LogP contribution in [0, 0.1) is 0 Å². The van der Waals surface area contributed by atoms with Gasteiger partial charge in [-0.15, -0.1) is 0 Å². The van der Waals surface area contributed by atoms with Gasteiger partial charge >= 0.3 is 0 Å². The van der Waals surface area contributed by atoms with Gasteiger partial charge in [-0.25, -0.2) is 13.4 Å². The molecule has 0 spiro atoms. The molecule has 0 unspecified atom stereocenters. The zero-order valence-electron chi connectivity index (χ0n) is 7.80. The van der Waals surface area contributed by atoms with Crippen LogP contribution in [0.25, 0.3) is 0 Å². The average Bonchev–Trinajstić information content (AvgIpc) is 2.15. The molecule has 0 bridgehead atoms. The van der Waals surface area contributed by atoms with E-state index >= 15 is 0 Å². The summed E-state index contributed by atoms with van der Waals surface area (Å²) in [4.78, 5) is 3.71. The maximum absolute atomic E-state index is 11.5. The third-order valence-corrected chi connectivity index (χ3v) is 2.95. The number of rotatable bonds is 4. The molecule has 2 N–H and O–H groups in total. The highest BCUT2D eigenvalue weighted by molar-refractivity contribution is 7.91. The number of nitrogens with zero attached hydrogens (tertiary/aromatic N) is 1. The van der Waals surface area contributed by atoms with E-state index in [0.29, 0.717) is 6.61 Å². The summed E-state index contributed by atoms with van der Waals surface area (Å²) < 4.78 is 27.9. The number of nitrogen functional groups attached to an aromatic ring is 1. The van der Waals surface area contributed by atoms with E-state index in [9.17, 15) is 8.42 Å². The van der Waals surface area contributed by atoms with Gasteiger partial charge in [0, 0.05) is 12.8 Å². The lowest BCUT2D eigenvalue weighted by Crippen LogP contribution is -2.13. The van der Waals surface area contributed by atoms with Crippen molar-refractivity contribution in [3.8, 4) is 0 Å². The lowest BCUT2D eigenvalue weighted by Gasteiger charge is -2.05. The minimum atomic E-state index is -3.51. The number of sulfone groups is 1. The molecule has 0 aromatic carbocycles. The maximum Gasteiger partial charge on any atom is 0.221 e. The maximum atomic E-state index is 11.5. The average molecular weight is 216 g/mol. The van der Waals surface area contributed by atoms with Gasteiger partial charge in [-0.05, 0) is 19.1 Å². The fraction of sp³-hybridized carbons (Fsp3) is 0.375. The summed E-state index contributed by atoms with van der Waals surface area (Å²) in [6, 6.07) is 3.07. The first-order valence-electron chi connectivity index (χ1n) is 4.09. The van der Waals surface area contributed by atoms with Gasteiger partial charge in [0.2, 0.25) is 9.84 Å². The Balaban J connectivity index is 2.99. The minimum absolute atomic E-state index is 0.117. The van der Waals surface area contributed by atoms with Crippen LogP contribution < -0.4 is 5.73 Å². The van der Waals surface area contributed by atoms with Crippen LogP contribution in [0.4, 0.5) is 5.69 Å². The number of pyridine rings is 1. The molecule has 0 amide bonds. The van der Waals surface area contributed by atoms with Gasteiger partial charge in [0.25, 0.3) is 0 Å². The molecule has 5 nitrogen and oxygen atoms in total. The van der Waals surface area contributed by atoms with E-state index < -0.39 is 9.84 Å². The van der Waals surface area contributed by atoms with Gasteiger partial charge < -0.3 is 10.5 Å². The third-order valence-electron chi connectivity index (χ3n) is 1.54. The van der Waals surface area contributed by atoms with Gasteiger partial charge in [-0.3, -0.25) is 0 Å². The molecule has 14 heavy (non-hydrogen) atoms. The summed E-state index contributed by atoms with van der Waals surface area (Å²) in [6.07, 6.45) is 1.38. The first-order valence-corrected chi connectivity index (χ1v) is 5.74. The molecule has 1 rings (SSSR count). The zero-order chi connectivity index (χ0) is 10.6. The van der Waals surface area contributed by atoms with Crippen LogP contribution in [0.3, 0.4) is 0 Å². The summed E-state index contributed by atoms with van der Waals surface area (Å²) in [5.41, 5.74) is 5.63. The Morgan fingerprint density at radius 1 is 1.57 bits per heavy atom. The van der Waals surface area contributed by atoms with Crippen LogP contribution in [-0.4, -0.2) is 25.9 Å². The first kappa shape index (κ1) is 10.9. The van der Waals surface area contributed by atoms with Gasteiger partial charge in [0.15, 0.2) is 11.0 Å². The quantitative estimate of drug-likeness (QED) is 0.789. The highest BCUT2D eigenvalue weighted by atomic mass is 32.2. The molecule has 1 aromatic rings. The van der Waals surface area contributed by atoms with Crippen LogP contribution in [0.5, 0.6) is 0 Å². The highest BCUT2D eigenvalue weighted by Gasteiger charge is 2.18. The normalized spacial score (nSPS) is 11.5. The molecule has 0 saturated carbocycles. The monoisotopic (exact) mass is 216 g/mol. The third kappa shape index (κ3) is 2.43. The SMILES string of the molecule is CCOCS(=O)(=O)c1ncccc1N. The summed E-state index contributed by atoms with van der Waals surface area (Å²) in [5.74, 6) is -0.384. The molecule has 6 heteroatoms. The van der Waals surface area contributed by atoms with Crippen molar-refractivity contribution >= 4 is 15.5 Å². The number of anilines is 1. The summed E-state index contributed by atoms with van der Waals surface area (Å²) in [6.45, 7) is 2.06. The minimum Gasteiger partial charge on any atom is -0.396 e. The fourth-order valence-corrected chi connectivity index (χ4v) is 2.06. The van der Waals surface area contributed by atoms with E-state index in [1.807, 2.05) is 0 Å². The molecule has 0 saturated heterocycles. The van der Waals surface area contributed by atoms with Crippen molar-refractivity contribution in [3.63, 3.8) is 0 Å². The summed E-state index contributed by atoms with van der Waals surface area (Å²) >= 11 is 0. The first-order chi connectivity index (χ1) is 6.58. The topological polar surface area (TPSA) is 82.3 Å². The van der Waals surface area contributed by atoms with Gasteiger partial charge in [-0.2, -0.15) is 0 Å². The van der Waals surface area contributed by atoms with Crippen molar-refractivity contribution in [2.75, 3.05) is 18.3 Å². The second-order valence-electron chi connectivity index (χ2n) is 2.62. The number of ether oxygens (including phenoxy) is 1. The fourth-order valence-electron chi connectivity index (χ4n) is 0.912. The Morgan fingerprint density at radius 3 is 2.86 bits per heavy atom. The van der Waals surface area contributed by atoms with Gasteiger partial charge in [0.1, 0.15) is 0 Å². The van der Waals surface area contributed by atoms with Crippen molar-refractivity contribution in [2.24, 2.45) is 0 Å². The Morgan fingerprint density at radius 2 is 2.29 bits per heavy atom. The molecule has 1 aromatic heterocycles. The van der Waals surface area contributed by atoms with Crippen LogP contribution in [0.2, 0.25) is 0 Å². The standard InChI is InChI=1S/C8H12N2O3S/c1-2-13-6-14(11,12)8-7(9)4-3-5-10-8/h3-5H,2,6,9H2,1H3. The van der Waals surface area contributed by atoms with E-state index in [-0.39, 0.29) is 16.7 Å². The van der Waals surface area contributed by atoms with Crippen LogP contribution in [-0.2, 0) is 14.6 Å². The Hall–Kier alpha value is -1.14. The predicted octanol–water partition coefficient (Wildman–Crippen LogP) is 0.431. The van der Waals surface area contributed by atoms with Crippen molar-refractivity contribution in [3.05, 3.63) is 18.3 Å². The second kappa shape index (κ2) is 4.39. The van der Waals surface area contributed by atoms with Crippen LogP contribution in [0.1, 0.15) is 6.92 Å². The predicted molar refractivity (Wildman–Crippen MR) is 52.3 cm³/mol. The van der Waals surface area contributed by atoms with E-state index in [4.69, 9.17) is 10.5 Å². The molecule has 0 aliphatic heterocycles. The van der Waals surface area contributed by atoms with E-state index in [1.54, 1.807) is 13.0 Å². The summed E-state index contributed by atoms with van der Waals surface area (Å²) in [5, 5.41) is -0.117.